The lowest BCUT2D eigenvalue weighted by Crippen LogP contribution is -2.18. The summed E-state index contributed by atoms with van der Waals surface area (Å²) in [6, 6.07) is 6.28. The highest BCUT2D eigenvalue weighted by Crippen LogP contribution is 2.21. The third-order valence-corrected chi connectivity index (χ3v) is 2.51. The Balaban J connectivity index is 2.26. The average Bonchev–Trinajstić information content (AvgIpc) is 2.70. The second-order valence-corrected chi connectivity index (χ2v) is 3.93. The zero-order chi connectivity index (χ0) is 14.0. The first kappa shape index (κ1) is 13.4. The van der Waals surface area contributed by atoms with Gasteiger partial charge in [-0.3, -0.25) is 0 Å². The lowest BCUT2D eigenvalue weighted by Gasteiger charge is -2.10. The largest absolute Gasteiger partial charge is 0.478 e. The van der Waals surface area contributed by atoms with Crippen molar-refractivity contribution in [1.29, 1.82) is 0 Å². The number of alkyl halides is 3. The Hall–Kier alpha value is -2.02. The maximum Gasteiger partial charge on any atom is 0.411 e. The van der Waals surface area contributed by atoms with Crippen LogP contribution >= 0.6 is 0 Å². The summed E-state index contributed by atoms with van der Waals surface area (Å²) in [6.45, 7) is -1.73. The molecule has 7 heteroatoms. The van der Waals surface area contributed by atoms with Crippen molar-refractivity contribution >= 4 is 16.9 Å². The predicted octanol–water partition coefficient (Wildman–Crippen LogP) is 2.88. The number of ether oxygens (including phenoxy) is 1. The van der Waals surface area contributed by atoms with Gasteiger partial charge < -0.3 is 14.4 Å². The Labute approximate surface area is 106 Å². The number of carboxylic acid groups (broad SMARTS) is 1. The zero-order valence-corrected chi connectivity index (χ0v) is 9.65. The minimum absolute atomic E-state index is 0.0260. The van der Waals surface area contributed by atoms with E-state index in [9.17, 15) is 18.0 Å². The van der Waals surface area contributed by atoms with Gasteiger partial charge in [-0.05, 0) is 12.1 Å². The molecule has 4 nitrogen and oxygen atoms in total. The molecular formula is C12H10F3NO3. The molecule has 2 rings (SSSR count). The van der Waals surface area contributed by atoms with Crippen LogP contribution in [0.1, 0.15) is 10.4 Å². The van der Waals surface area contributed by atoms with Crippen LogP contribution in [0.2, 0.25) is 0 Å². The van der Waals surface area contributed by atoms with Crippen molar-refractivity contribution in [1.82, 2.24) is 4.57 Å². The molecule has 0 atom stereocenters. The van der Waals surface area contributed by atoms with Crippen LogP contribution in [0.5, 0.6) is 0 Å². The molecule has 1 aromatic heterocycles. The minimum atomic E-state index is -4.40. The van der Waals surface area contributed by atoms with Crippen molar-refractivity contribution in [2.24, 2.45) is 0 Å². The summed E-state index contributed by atoms with van der Waals surface area (Å²) in [4.78, 5) is 11.1. The number of aromatic nitrogens is 1. The molecule has 0 aliphatic heterocycles. The fourth-order valence-electron chi connectivity index (χ4n) is 1.80. The standard InChI is InChI=1S/C12H10F3NO3/c13-12(14,15)6-19-7-16-5-4-8-2-1-3-9(10(8)16)11(17)18/h1-5H,6-7H2,(H,17,18). The quantitative estimate of drug-likeness (QED) is 0.931. The molecule has 0 amide bonds. The summed E-state index contributed by atoms with van der Waals surface area (Å²) in [7, 11) is 0. The number of hydrogen-bond donors (Lipinski definition) is 1. The first-order chi connectivity index (χ1) is 8.88. The predicted molar refractivity (Wildman–Crippen MR) is 60.9 cm³/mol. The number of carboxylic acids is 1. The van der Waals surface area contributed by atoms with Crippen LogP contribution in [0.15, 0.2) is 30.5 Å². The number of rotatable bonds is 4. The van der Waals surface area contributed by atoms with Gasteiger partial charge in [0.05, 0.1) is 11.1 Å². The first-order valence-electron chi connectivity index (χ1n) is 5.34. The summed E-state index contributed by atoms with van der Waals surface area (Å²) in [6.07, 6.45) is -2.91. The number of benzene rings is 1. The van der Waals surface area contributed by atoms with Crippen molar-refractivity contribution in [3.63, 3.8) is 0 Å². The van der Waals surface area contributed by atoms with E-state index in [-0.39, 0.29) is 12.3 Å². The Kier molecular flexibility index (Phi) is 3.48. The van der Waals surface area contributed by atoms with Crippen LogP contribution in [0.3, 0.4) is 0 Å². The van der Waals surface area contributed by atoms with Crippen LogP contribution in [0.25, 0.3) is 10.9 Å². The highest BCUT2D eigenvalue weighted by atomic mass is 19.4. The van der Waals surface area contributed by atoms with Gasteiger partial charge in [-0.15, -0.1) is 0 Å². The lowest BCUT2D eigenvalue weighted by molar-refractivity contribution is -0.181. The maximum absolute atomic E-state index is 12.0. The Morgan fingerprint density at radius 3 is 2.68 bits per heavy atom. The second kappa shape index (κ2) is 4.93. The molecule has 19 heavy (non-hydrogen) atoms. The van der Waals surface area contributed by atoms with E-state index < -0.39 is 18.8 Å². The highest BCUT2D eigenvalue weighted by Gasteiger charge is 2.27. The van der Waals surface area contributed by atoms with E-state index in [0.717, 1.165) is 0 Å². The van der Waals surface area contributed by atoms with Gasteiger partial charge in [0.2, 0.25) is 0 Å². The van der Waals surface area contributed by atoms with Crippen molar-refractivity contribution in [2.45, 2.75) is 12.9 Å². The molecule has 1 heterocycles. The normalized spacial score (nSPS) is 11.9. The molecule has 0 unspecified atom stereocenters. The van der Waals surface area contributed by atoms with E-state index in [1.165, 1.54) is 16.8 Å². The number of nitrogens with zero attached hydrogens (tertiary/aromatic N) is 1. The molecule has 0 bridgehead atoms. The average molecular weight is 273 g/mol. The summed E-state index contributed by atoms with van der Waals surface area (Å²) >= 11 is 0. The van der Waals surface area contributed by atoms with Gasteiger partial charge in [0.15, 0.2) is 0 Å². The molecule has 0 saturated heterocycles. The lowest BCUT2D eigenvalue weighted by atomic mass is 10.1. The summed E-state index contributed by atoms with van der Waals surface area (Å²) in [5.41, 5.74) is 0.371. The smallest absolute Gasteiger partial charge is 0.411 e. The van der Waals surface area contributed by atoms with Gasteiger partial charge >= 0.3 is 12.1 Å². The van der Waals surface area contributed by atoms with E-state index in [0.29, 0.717) is 10.9 Å². The van der Waals surface area contributed by atoms with E-state index >= 15 is 0 Å². The fraction of sp³-hybridized carbons (Fsp3) is 0.250. The molecule has 1 N–H and O–H groups in total. The van der Waals surface area contributed by atoms with Crippen molar-refractivity contribution in [2.75, 3.05) is 6.61 Å². The molecular weight excluding hydrogens is 263 g/mol. The van der Waals surface area contributed by atoms with Gasteiger partial charge in [-0.1, -0.05) is 12.1 Å². The Morgan fingerprint density at radius 2 is 2.05 bits per heavy atom. The Bertz CT molecular complexity index is 604. The van der Waals surface area contributed by atoms with Crippen LogP contribution < -0.4 is 0 Å². The van der Waals surface area contributed by atoms with Gasteiger partial charge in [0.25, 0.3) is 0 Å². The van der Waals surface area contributed by atoms with Crippen molar-refractivity contribution in [3.8, 4) is 0 Å². The summed E-state index contributed by atoms with van der Waals surface area (Å²) in [5.74, 6) is -1.14. The Morgan fingerprint density at radius 1 is 1.32 bits per heavy atom. The molecule has 0 fully saturated rings. The van der Waals surface area contributed by atoms with Crippen LogP contribution in [-0.2, 0) is 11.5 Å². The number of fused-ring (bicyclic) bond motifs is 1. The minimum Gasteiger partial charge on any atom is -0.478 e. The molecule has 0 saturated carbocycles. The van der Waals surface area contributed by atoms with Gasteiger partial charge in [-0.25, -0.2) is 4.79 Å². The number of hydrogen-bond acceptors (Lipinski definition) is 2. The number of carbonyl (C=O) groups is 1. The third kappa shape index (κ3) is 3.05. The van der Waals surface area contributed by atoms with E-state index in [4.69, 9.17) is 5.11 Å². The SMILES string of the molecule is O=C(O)c1cccc2ccn(COCC(F)(F)F)c12. The van der Waals surface area contributed by atoms with E-state index in [1.54, 1.807) is 18.2 Å². The number of halogens is 3. The van der Waals surface area contributed by atoms with Crippen LogP contribution in [0.4, 0.5) is 13.2 Å². The molecule has 0 aliphatic rings. The second-order valence-electron chi connectivity index (χ2n) is 3.93. The van der Waals surface area contributed by atoms with E-state index in [1.807, 2.05) is 0 Å². The van der Waals surface area contributed by atoms with Gasteiger partial charge in [0, 0.05) is 11.6 Å². The topological polar surface area (TPSA) is 51.5 Å². The number of para-hydroxylation sites is 1. The first-order valence-corrected chi connectivity index (χ1v) is 5.34. The molecule has 1 aromatic carbocycles. The molecule has 0 spiro atoms. The van der Waals surface area contributed by atoms with Crippen molar-refractivity contribution < 1.29 is 27.8 Å². The third-order valence-electron chi connectivity index (χ3n) is 2.51. The highest BCUT2D eigenvalue weighted by molar-refractivity contribution is 6.02. The fourth-order valence-corrected chi connectivity index (χ4v) is 1.80. The maximum atomic E-state index is 12.0. The van der Waals surface area contributed by atoms with Gasteiger partial charge in [-0.2, -0.15) is 13.2 Å². The summed E-state index contributed by atoms with van der Waals surface area (Å²) < 4.78 is 41.8. The van der Waals surface area contributed by atoms with Crippen LogP contribution in [-0.4, -0.2) is 28.4 Å². The zero-order valence-electron chi connectivity index (χ0n) is 9.65. The molecule has 0 radical (unpaired) electrons. The van der Waals surface area contributed by atoms with Crippen LogP contribution in [0, 0.1) is 0 Å². The monoisotopic (exact) mass is 273 g/mol. The number of aromatic carboxylic acids is 1. The molecule has 2 aromatic rings. The molecule has 0 aliphatic carbocycles. The molecule has 102 valence electrons. The summed E-state index contributed by atoms with van der Waals surface area (Å²) in [5, 5.41) is 9.68. The van der Waals surface area contributed by atoms with E-state index in [2.05, 4.69) is 4.74 Å². The van der Waals surface area contributed by atoms with Crippen molar-refractivity contribution in [3.05, 3.63) is 36.0 Å². The van der Waals surface area contributed by atoms with Gasteiger partial charge in [0.1, 0.15) is 13.3 Å².